The van der Waals surface area contributed by atoms with E-state index in [0.717, 1.165) is 37.2 Å². The van der Waals surface area contributed by atoms with E-state index >= 15 is 0 Å². The summed E-state index contributed by atoms with van der Waals surface area (Å²) in [4.78, 5) is 6.75. The fourth-order valence-corrected chi connectivity index (χ4v) is 4.26. The van der Waals surface area contributed by atoms with Gasteiger partial charge in [0.25, 0.3) is 0 Å². The Bertz CT molecular complexity index is 799. The second kappa shape index (κ2) is 8.00. The molecule has 3 saturated heterocycles. The van der Waals surface area contributed by atoms with Crippen LogP contribution in [0.4, 0.5) is 0 Å². The lowest BCUT2D eigenvalue weighted by molar-refractivity contribution is -0.113. The normalized spacial score (nSPS) is 29.7. The molecule has 4 heterocycles. The quantitative estimate of drug-likeness (QED) is 0.844. The van der Waals surface area contributed by atoms with E-state index in [0.29, 0.717) is 18.3 Å². The van der Waals surface area contributed by atoms with Crippen molar-refractivity contribution in [3.05, 3.63) is 47.6 Å². The SMILES string of the molecule is C/C=C\c1ccccc1OCC1C(O)C2(c3nc(C)no3)CCN1CC2.Cl. The number of aliphatic hydroxyl groups is 1. The Kier molecular flexibility index (Phi) is 5.89. The summed E-state index contributed by atoms with van der Waals surface area (Å²) in [5.74, 6) is 2.02. The Balaban J connectivity index is 0.00000210. The van der Waals surface area contributed by atoms with Gasteiger partial charge in [0, 0.05) is 5.56 Å². The summed E-state index contributed by atoms with van der Waals surface area (Å²) in [5.41, 5.74) is 0.593. The van der Waals surface area contributed by atoms with Crippen molar-refractivity contribution in [1.82, 2.24) is 15.0 Å². The van der Waals surface area contributed by atoms with E-state index in [2.05, 4.69) is 15.0 Å². The number of piperidine rings is 3. The maximum absolute atomic E-state index is 11.2. The van der Waals surface area contributed by atoms with Gasteiger partial charge in [-0.2, -0.15) is 4.98 Å². The fourth-order valence-electron chi connectivity index (χ4n) is 4.26. The first kappa shape index (κ1) is 19.9. The molecule has 2 aromatic rings. The van der Waals surface area contributed by atoms with Crippen molar-refractivity contribution < 1.29 is 14.4 Å². The standard InChI is InChI=1S/C20H25N3O3.ClH/c1-3-6-15-7-4-5-8-17(15)25-13-16-18(24)20(9-11-23(16)12-10-20)19-21-14(2)22-26-19;/h3-8,16,18,24H,9-13H2,1-2H3;1H/b6-3-;. The number of hydrogen-bond donors (Lipinski definition) is 1. The number of benzene rings is 1. The molecule has 0 spiro atoms. The van der Waals surface area contributed by atoms with Gasteiger partial charge in [0.2, 0.25) is 5.89 Å². The average Bonchev–Trinajstić information content (AvgIpc) is 3.10. The number of halogens is 1. The van der Waals surface area contributed by atoms with Gasteiger partial charge in [0.15, 0.2) is 5.82 Å². The predicted molar refractivity (Wildman–Crippen MR) is 105 cm³/mol. The molecule has 0 saturated carbocycles. The van der Waals surface area contributed by atoms with E-state index < -0.39 is 11.5 Å². The molecule has 1 aromatic carbocycles. The summed E-state index contributed by atoms with van der Waals surface area (Å²) in [6.45, 7) is 6.05. The third kappa shape index (κ3) is 3.49. The van der Waals surface area contributed by atoms with Crippen LogP contribution >= 0.6 is 12.4 Å². The summed E-state index contributed by atoms with van der Waals surface area (Å²) in [6.07, 6.45) is 5.11. The number of hydrogen-bond acceptors (Lipinski definition) is 6. The lowest BCUT2D eigenvalue weighted by atomic mass is 9.66. The molecule has 0 aliphatic carbocycles. The fraction of sp³-hybridized carbons (Fsp3) is 0.500. The Morgan fingerprint density at radius 1 is 1.33 bits per heavy atom. The van der Waals surface area contributed by atoms with Crippen LogP contribution in [0, 0.1) is 6.92 Å². The van der Waals surface area contributed by atoms with Gasteiger partial charge in [0.1, 0.15) is 12.4 Å². The Labute approximate surface area is 165 Å². The third-order valence-electron chi connectivity index (χ3n) is 5.72. The highest BCUT2D eigenvalue weighted by molar-refractivity contribution is 5.85. The number of nitrogens with zero attached hydrogens (tertiary/aromatic N) is 3. The molecule has 27 heavy (non-hydrogen) atoms. The highest BCUT2D eigenvalue weighted by Crippen LogP contribution is 2.45. The van der Waals surface area contributed by atoms with Crippen molar-refractivity contribution in [3.63, 3.8) is 0 Å². The molecule has 5 rings (SSSR count). The van der Waals surface area contributed by atoms with Gasteiger partial charge < -0.3 is 14.4 Å². The highest BCUT2D eigenvalue weighted by atomic mass is 35.5. The number of para-hydroxylation sites is 1. The topological polar surface area (TPSA) is 71.6 Å². The molecular formula is C20H26ClN3O3. The molecule has 146 valence electrons. The molecule has 1 aromatic heterocycles. The van der Waals surface area contributed by atoms with E-state index in [1.807, 2.05) is 50.3 Å². The Hall–Kier alpha value is -1.89. The van der Waals surface area contributed by atoms with Crippen molar-refractivity contribution in [2.75, 3.05) is 19.7 Å². The van der Waals surface area contributed by atoms with Gasteiger partial charge in [-0.15, -0.1) is 12.4 Å². The Morgan fingerprint density at radius 2 is 2.07 bits per heavy atom. The second-order valence-electron chi connectivity index (χ2n) is 7.20. The summed E-state index contributed by atoms with van der Waals surface area (Å²) in [7, 11) is 0. The number of ether oxygens (including phenoxy) is 1. The molecule has 2 bridgehead atoms. The van der Waals surface area contributed by atoms with Crippen LogP contribution in [-0.2, 0) is 5.41 Å². The molecule has 0 radical (unpaired) electrons. The summed E-state index contributed by atoms with van der Waals surface area (Å²) >= 11 is 0. The monoisotopic (exact) mass is 391 g/mol. The van der Waals surface area contributed by atoms with Crippen molar-refractivity contribution in [2.24, 2.45) is 0 Å². The minimum atomic E-state index is -0.585. The van der Waals surface area contributed by atoms with E-state index in [1.54, 1.807) is 0 Å². The zero-order chi connectivity index (χ0) is 18.1. The molecule has 1 N–H and O–H groups in total. The van der Waals surface area contributed by atoms with Crippen molar-refractivity contribution >= 4 is 18.5 Å². The lowest BCUT2D eigenvalue weighted by Crippen LogP contribution is -2.67. The number of aromatic nitrogens is 2. The molecule has 2 atom stereocenters. The molecule has 2 unspecified atom stereocenters. The minimum Gasteiger partial charge on any atom is -0.491 e. The zero-order valence-electron chi connectivity index (χ0n) is 15.7. The van der Waals surface area contributed by atoms with Gasteiger partial charge >= 0.3 is 0 Å². The first-order chi connectivity index (χ1) is 12.6. The second-order valence-corrected chi connectivity index (χ2v) is 7.20. The number of fused-ring (bicyclic) bond motifs is 3. The van der Waals surface area contributed by atoms with Gasteiger partial charge in [-0.05, 0) is 45.8 Å². The summed E-state index contributed by atoms with van der Waals surface area (Å²) in [5, 5.41) is 15.1. The zero-order valence-corrected chi connectivity index (χ0v) is 16.5. The molecule has 3 fully saturated rings. The minimum absolute atomic E-state index is 0. The molecule has 0 amide bonds. The average molecular weight is 392 g/mol. The van der Waals surface area contributed by atoms with Gasteiger partial charge in [-0.3, -0.25) is 4.90 Å². The summed E-state index contributed by atoms with van der Waals surface area (Å²) in [6, 6.07) is 7.88. The van der Waals surface area contributed by atoms with Crippen LogP contribution in [0.2, 0.25) is 0 Å². The van der Waals surface area contributed by atoms with E-state index in [1.165, 1.54) is 0 Å². The van der Waals surface area contributed by atoms with Crippen LogP contribution in [0.15, 0.2) is 34.9 Å². The smallest absolute Gasteiger partial charge is 0.235 e. The molecule has 7 heteroatoms. The van der Waals surface area contributed by atoms with Crippen LogP contribution < -0.4 is 4.74 Å². The largest absolute Gasteiger partial charge is 0.491 e. The maximum atomic E-state index is 11.2. The lowest BCUT2D eigenvalue weighted by Gasteiger charge is -2.54. The van der Waals surface area contributed by atoms with Gasteiger partial charge in [-0.25, -0.2) is 0 Å². The van der Waals surface area contributed by atoms with Crippen molar-refractivity contribution in [1.29, 1.82) is 0 Å². The highest BCUT2D eigenvalue weighted by Gasteiger charge is 2.56. The van der Waals surface area contributed by atoms with E-state index in [9.17, 15) is 5.11 Å². The first-order valence-corrected chi connectivity index (χ1v) is 9.21. The number of aryl methyl sites for hydroxylation is 1. The molecule has 3 aliphatic rings. The third-order valence-corrected chi connectivity index (χ3v) is 5.72. The van der Waals surface area contributed by atoms with E-state index in [4.69, 9.17) is 9.26 Å². The van der Waals surface area contributed by atoms with Crippen LogP contribution in [0.3, 0.4) is 0 Å². The summed E-state index contributed by atoms with van der Waals surface area (Å²) < 4.78 is 11.6. The van der Waals surface area contributed by atoms with Gasteiger partial charge in [-0.1, -0.05) is 35.5 Å². The van der Waals surface area contributed by atoms with Crippen LogP contribution in [-0.4, -0.2) is 52.0 Å². The van der Waals surface area contributed by atoms with Crippen LogP contribution in [0.25, 0.3) is 6.08 Å². The predicted octanol–water partition coefficient (Wildman–Crippen LogP) is 2.99. The maximum Gasteiger partial charge on any atom is 0.235 e. The molecule has 6 nitrogen and oxygen atoms in total. The van der Waals surface area contributed by atoms with Crippen LogP contribution in [0.1, 0.15) is 37.0 Å². The van der Waals surface area contributed by atoms with Crippen molar-refractivity contribution in [2.45, 2.75) is 44.2 Å². The number of rotatable bonds is 5. The molecule has 3 aliphatic heterocycles. The Morgan fingerprint density at radius 3 is 2.74 bits per heavy atom. The molecular weight excluding hydrogens is 366 g/mol. The van der Waals surface area contributed by atoms with Crippen molar-refractivity contribution in [3.8, 4) is 5.75 Å². The van der Waals surface area contributed by atoms with E-state index in [-0.39, 0.29) is 18.4 Å². The number of allylic oxidation sites excluding steroid dienone is 1. The van der Waals surface area contributed by atoms with Crippen LogP contribution in [0.5, 0.6) is 5.75 Å². The first-order valence-electron chi connectivity index (χ1n) is 9.21. The van der Waals surface area contributed by atoms with Gasteiger partial charge in [0.05, 0.1) is 17.6 Å². The number of aliphatic hydroxyl groups excluding tert-OH is 1.